The van der Waals surface area contributed by atoms with Crippen molar-refractivity contribution < 1.29 is 17.9 Å². The van der Waals surface area contributed by atoms with Crippen molar-refractivity contribution in [2.75, 3.05) is 5.32 Å². The average Bonchev–Trinajstić information content (AvgIpc) is 2.33. The molecule has 0 saturated heterocycles. The molecular weight excluding hydrogens is 405 g/mol. The van der Waals surface area contributed by atoms with E-state index in [1.165, 1.54) is 18.3 Å². The predicted octanol–water partition coefficient (Wildman–Crippen LogP) is 5.25. The zero-order valence-electron chi connectivity index (χ0n) is 9.71. The molecule has 20 heavy (non-hydrogen) atoms. The van der Waals surface area contributed by atoms with Crippen molar-refractivity contribution >= 4 is 43.4 Å². The van der Waals surface area contributed by atoms with Gasteiger partial charge < -0.3 is 10.1 Å². The van der Waals surface area contributed by atoms with Crippen molar-refractivity contribution in [2.24, 2.45) is 0 Å². The highest BCUT2D eigenvalue weighted by atomic mass is 79.9. The Morgan fingerprint density at radius 1 is 1.15 bits per heavy atom. The van der Waals surface area contributed by atoms with Crippen molar-refractivity contribution in [3.63, 3.8) is 0 Å². The Balaban J connectivity index is 2.34. The van der Waals surface area contributed by atoms with Gasteiger partial charge in [-0.3, -0.25) is 0 Å². The fourth-order valence-corrected chi connectivity index (χ4v) is 2.11. The molecule has 1 heterocycles. The molecule has 0 spiro atoms. The summed E-state index contributed by atoms with van der Waals surface area (Å²) in [5, 5.41) is 2.79. The molecule has 0 aliphatic heterocycles. The molecule has 0 fully saturated rings. The van der Waals surface area contributed by atoms with E-state index in [1.54, 1.807) is 18.2 Å². The molecule has 0 aliphatic carbocycles. The third-order valence-corrected chi connectivity index (χ3v) is 3.31. The van der Waals surface area contributed by atoms with Gasteiger partial charge in [-0.05, 0) is 46.3 Å². The maximum Gasteiger partial charge on any atom is 0.573 e. The first-order valence-electron chi connectivity index (χ1n) is 5.28. The highest BCUT2D eigenvalue weighted by Crippen LogP contribution is 2.35. The zero-order valence-corrected chi connectivity index (χ0v) is 12.9. The first-order valence-corrected chi connectivity index (χ1v) is 6.86. The minimum Gasteiger partial charge on any atom is -0.404 e. The summed E-state index contributed by atoms with van der Waals surface area (Å²) in [7, 11) is 0. The fraction of sp³-hybridized carbons (Fsp3) is 0.0833. The minimum absolute atomic E-state index is 0.157. The summed E-state index contributed by atoms with van der Waals surface area (Å²) in [6, 6.07) is 7.71. The summed E-state index contributed by atoms with van der Waals surface area (Å²) in [6.07, 6.45) is -3.24. The van der Waals surface area contributed by atoms with E-state index in [2.05, 4.69) is 46.9 Å². The van der Waals surface area contributed by atoms with Crippen LogP contribution in [0.1, 0.15) is 0 Å². The topological polar surface area (TPSA) is 34.1 Å². The predicted molar refractivity (Wildman–Crippen MR) is 76.0 cm³/mol. The standard InChI is InChI=1S/C12H7Br2F3N2O/c13-7-3-4-9(10(6-7)20-12(15,16)17)19-11-8(14)2-1-5-18-11/h1-6H,(H,18,19). The molecule has 1 aromatic heterocycles. The van der Waals surface area contributed by atoms with Crippen LogP contribution in [0.5, 0.6) is 5.75 Å². The van der Waals surface area contributed by atoms with Crippen LogP contribution in [0.4, 0.5) is 24.7 Å². The van der Waals surface area contributed by atoms with E-state index in [9.17, 15) is 13.2 Å². The molecule has 0 atom stereocenters. The van der Waals surface area contributed by atoms with E-state index in [-0.39, 0.29) is 11.4 Å². The molecule has 2 aromatic rings. The molecule has 106 valence electrons. The van der Waals surface area contributed by atoms with Gasteiger partial charge in [0.05, 0.1) is 10.2 Å². The number of nitrogens with zero attached hydrogens (tertiary/aromatic N) is 1. The zero-order chi connectivity index (χ0) is 14.8. The minimum atomic E-state index is -4.77. The molecule has 0 radical (unpaired) electrons. The van der Waals surface area contributed by atoms with Gasteiger partial charge in [-0.2, -0.15) is 0 Å². The number of hydrogen-bond donors (Lipinski definition) is 1. The van der Waals surface area contributed by atoms with Gasteiger partial charge in [-0.25, -0.2) is 4.98 Å². The monoisotopic (exact) mass is 410 g/mol. The number of pyridine rings is 1. The first-order chi connectivity index (χ1) is 9.35. The smallest absolute Gasteiger partial charge is 0.404 e. The molecule has 3 nitrogen and oxygen atoms in total. The molecule has 0 bridgehead atoms. The Labute approximate surface area is 129 Å². The van der Waals surface area contributed by atoms with Crippen molar-refractivity contribution in [3.8, 4) is 5.75 Å². The van der Waals surface area contributed by atoms with Crippen LogP contribution in [0, 0.1) is 0 Å². The summed E-state index contributed by atoms with van der Waals surface area (Å²) < 4.78 is 42.2. The molecule has 1 N–H and O–H groups in total. The van der Waals surface area contributed by atoms with Gasteiger partial charge in [0.1, 0.15) is 5.82 Å². The fourth-order valence-electron chi connectivity index (χ4n) is 1.41. The van der Waals surface area contributed by atoms with Gasteiger partial charge in [0.2, 0.25) is 0 Å². The summed E-state index contributed by atoms with van der Waals surface area (Å²) in [5.74, 6) is 0.0475. The Hall–Kier alpha value is -1.28. The number of hydrogen-bond acceptors (Lipinski definition) is 3. The quantitative estimate of drug-likeness (QED) is 0.749. The summed E-state index contributed by atoms with van der Waals surface area (Å²) in [6.45, 7) is 0. The molecule has 0 amide bonds. The van der Waals surface area contributed by atoms with Crippen LogP contribution in [-0.4, -0.2) is 11.3 Å². The molecule has 0 saturated carbocycles. The maximum atomic E-state index is 12.4. The summed E-state index contributed by atoms with van der Waals surface area (Å²) in [5.41, 5.74) is 0.157. The lowest BCUT2D eigenvalue weighted by molar-refractivity contribution is -0.274. The number of nitrogens with one attached hydrogen (secondary N) is 1. The van der Waals surface area contributed by atoms with Crippen molar-refractivity contribution in [1.82, 2.24) is 4.98 Å². The largest absolute Gasteiger partial charge is 0.573 e. The molecule has 8 heteroatoms. The number of benzene rings is 1. The van der Waals surface area contributed by atoms with Crippen LogP contribution in [0.3, 0.4) is 0 Å². The molecule has 1 aromatic carbocycles. The van der Waals surface area contributed by atoms with Crippen LogP contribution in [0.2, 0.25) is 0 Å². The van der Waals surface area contributed by atoms with Crippen LogP contribution < -0.4 is 10.1 Å². The van der Waals surface area contributed by atoms with Gasteiger partial charge in [0.15, 0.2) is 5.75 Å². The number of alkyl halides is 3. The van der Waals surface area contributed by atoms with Crippen LogP contribution >= 0.6 is 31.9 Å². The third-order valence-electron chi connectivity index (χ3n) is 2.18. The molecule has 0 unspecified atom stereocenters. The molecule has 2 rings (SSSR count). The maximum absolute atomic E-state index is 12.4. The van der Waals surface area contributed by atoms with Gasteiger partial charge in [-0.1, -0.05) is 15.9 Å². The average molecular weight is 412 g/mol. The SMILES string of the molecule is FC(F)(F)Oc1cc(Br)ccc1Nc1ncccc1Br. The van der Waals surface area contributed by atoms with Crippen LogP contribution in [0.25, 0.3) is 0 Å². The van der Waals surface area contributed by atoms with Crippen LogP contribution in [-0.2, 0) is 0 Å². The Kier molecular flexibility index (Phi) is 4.54. The number of aromatic nitrogens is 1. The normalized spacial score (nSPS) is 11.2. The second-order valence-electron chi connectivity index (χ2n) is 3.65. The lowest BCUT2D eigenvalue weighted by atomic mass is 10.3. The Bertz CT molecular complexity index is 620. The lowest BCUT2D eigenvalue weighted by Crippen LogP contribution is -2.18. The summed E-state index contributed by atoms with van der Waals surface area (Å²) in [4.78, 5) is 4.03. The van der Waals surface area contributed by atoms with Gasteiger partial charge in [-0.15, -0.1) is 13.2 Å². The third kappa shape index (κ3) is 4.11. The van der Waals surface area contributed by atoms with Crippen molar-refractivity contribution in [3.05, 3.63) is 45.5 Å². The van der Waals surface area contributed by atoms with E-state index < -0.39 is 6.36 Å². The number of halogens is 5. The molecular formula is C12H7Br2F3N2O. The van der Waals surface area contributed by atoms with Crippen LogP contribution in [0.15, 0.2) is 45.5 Å². The van der Waals surface area contributed by atoms with E-state index >= 15 is 0 Å². The number of anilines is 2. The number of rotatable bonds is 3. The lowest BCUT2D eigenvalue weighted by Gasteiger charge is -2.15. The van der Waals surface area contributed by atoms with E-state index in [0.717, 1.165) is 0 Å². The highest BCUT2D eigenvalue weighted by Gasteiger charge is 2.32. The Morgan fingerprint density at radius 3 is 2.55 bits per heavy atom. The van der Waals surface area contributed by atoms with Gasteiger partial charge >= 0.3 is 6.36 Å². The van der Waals surface area contributed by atoms with E-state index in [1.807, 2.05) is 0 Å². The molecule has 0 aliphatic rings. The van der Waals surface area contributed by atoms with Crippen molar-refractivity contribution in [2.45, 2.75) is 6.36 Å². The second kappa shape index (κ2) is 6.01. The second-order valence-corrected chi connectivity index (χ2v) is 5.42. The Morgan fingerprint density at radius 2 is 1.90 bits per heavy atom. The van der Waals surface area contributed by atoms with Gasteiger partial charge in [0.25, 0.3) is 0 Å². The van der Waals surface area contributed by atoms with E-state index in [0.29, 0.717) is 14.8 Å². The first kappa shape index (κ1) is 15.1. The van der Waals surface area contributed by atoms with E-state index in [4.69, 9.17) is 0 Å². The van der Waals surface area contributed by atoms with Gasteiger partial charge in [0, 0.05) is 10.7 Å². The van der Waals surface area contributed by atoms with Crippen molar-refractivity contribution in [1.29, 1.82) is 0 Å². The highest BCUT2D eigenvalue weighted by molar-refractivity contribution is 9.10. The summed E-state index contributed by atoms with van der Waals surface area (Å²) >= 11 is 6.36. The number of ether oxygens (including phenoxy) is 1.